The van der Waals surface area contributed by atoms with Crippen LogP contribution in [0.4, 0.5) is 0 Å². The van der Waals surface area contributed by atoms with Crippen LogP contribution in [-0.4, -0.2) is 32.4 Å². The van der Waals surface area contributed by atoms with Crippen molar-refractivity contribution in [2.45, 2.75) is 11.8 Å². The highest BCUT2D eigenvalue weighted by molar-refractivity contribution is 7.92. The first kappa shape index (κ1) is 13.8. The summed E-state index contributed by atoms with van der Waals surface area (Å²) in [5.74, 6) is -2.30. The first-order chi connectivity index (χ1) is 7.77. The van der Waals surface area contributed by atoms with E-state index in [2.05, 4.69) is 0 Å². The molecule has 17 heavy (non-hydrogen) atoms. The Morgan fingerprint density at radius 1 is 1.47 bits per heavy atom. The van der Waals surface area contributed by atoms with E-state index in [0.717, 1.165) is 0 Å². The molecule has 0 unspecified atom stereocenters. The predicted molar refractivity (Wildman–Crippen MR) is 62.4 cm³/mol. The fourth-order valence-electron chi connectivity index (χ4n) is 1.43. The highest BCUT2D eigenvalue weighted by atomic mass is 35.5. The van der Waals surface area contributed by atoms with Gasteiger partial charge in [-0.05, 0) is 24.6 Å². The Hall–Kier alpha value is -1.27. The van der Waals surface area contributed by atoms with Gasteiger partial charge in [-0.25, -0.2) is 8.42 Å². The Morgan fingerprint density at radius 3 is 2.53 bits per heavy atom. The molecule has 1 aromatic carbocycles. The minimum absolute atomic E-state index is 0.121. The lowest BCUT2D eigenvalue weighted by Crippen LogP contribution is -2.16. The molecule has 0 aliphatic heterocycles. The van der Waals surface area contributed by atoms with Crippen LogP contribution in [0.3, 0.4) is 0 Å². The second kappa shape index (κ2) is 4.93. The molecule has 0 radical (unpaired) electrons. The molecule has 0 heterocycles. The second-order valence-corrected chi connectivity index (χ2v) is 5.80. The van der Waals surface area contributed by atoms with E-state index in [1.165, 1.54) is 13.2 Å². The third-order valence-corrected chi connectivity index (χ3v) is 3.88. The summed E-state index contributed by atoms with van der Waals surface area (Å²) in [7, 11) is -2.64. The smallest absolute Gasteiger partial charge is 0.319 e. The van der Waals surface area contributed by atoms with Gasteiger partial charge in [0.05, 0.1) is 7.11 Å². The number of methoxy groups -OCH3 is 1. The van der Waals surface area contributed by atoms with Crippen LogP contribution in [0.15, 0.2) is 17.0 Å². The summed E-state index contributed by atoms with van der Waals surface area (Å²) >= 11 is 5.75. The summed E-state index contributed by atoms with van der Waals surface area (Å²) in [6.07, 6.45) is 0. The number of carboxylic acid groups (broad SMARTS) is 1. The van der Waals surface area contributed by atoms with Gasteiger partial charge in [0.25, 0.3) is 0 Å². The molecule has 1 N–H and O–H groups in total. The maximum atomic E-state index is 11.8. The highest BCUT2D eigenvalue weighted by Gasteiger charge is 2.24. The molecule has 0 aromatic heterocycles. The summed E-state index contributed by atoms with van der Waals surface area (Å²) < 4.78 is 28.6. The number of carbonyl (C=O) groups is 1. The number of sulfone groups is 1. The number of rotatable bonds is 4. The molecule has 0 aliphatic carbocycles. The van der Waals surface area contributed by atoms with E-state index in [0.29, 0.717) is 5.56 Å². The van der Waals surface area contributed by atoms with E-state index < -0.39 is 21.6 Å². The number of hydrogen-bond acceptors (Lipinski definition) is 4. The highest BCUT2D eigenvalue weighted by Crippen LogP contribution is 2.31. The van der Waals surface area contributed by atoms with Gasteiger partial charge in [-0.15, -0.1) is 0 Å². The van der Waals surface area contributed by atoms with Gasteiger partial charge in [-0.3, -0.25) is 4.79 Å². The van der Waals surface area contributed by atoms with Crippen molar-refractivity contribution in [1.29, 1.82) is 0 Å². The maximum Gasteiger partial charge on any atom is 0.319 e. The summed E-state index contributed by atoms with van der Waals surface area (Å²) in [5, 5.41) is 8.77. The number of aliphatic carboxylic acids is 1. The van der Waals surface area contributed by atoms with E-state index in [4.69, 9.17) is 21.4 Å². The number of carboxylic acids is 1. The van der Waals surface area contributed by atoms with Gasteiger partial charge < -0.3 is 9.84 Å². The fraction of sp³-hybridized carbons (Fsp3) is 0.300. The standard InChI is InChI=1S/C10H11ClO5S/c1-6-3-7(11)4-8(10(6)16-2)17(14,15)5-9(12)13/h3-4H,5H2,1-2H3,(H,12,13). The molecule has 94 valence electrons. The van der Waals surface area contributed by atoms with Crippen LogP contribution >= 0.6 is 11.6 Å². The Morgan fingerprint density at radius 2 is 2.06 bits per heavy atom. The van der Waals surface area contributed by atoms with Crippen molar-refractivity contribution in [2.24, 2.45) is 0 Å². The number of benzene rings is 1. The SMILES string of the molecule is COc1c(C)cc(Cl)cc1S(=O)(=O)CC(=O)O. The van der Waals surface area contributed by atoms with Crippen LogP contribution in [0.1, 0.15) is 5.56 Å². The molecule has 0 aliphatic rings. The lowest BCUT2D eigenvalue weighted by atomic mass is 10.2. The Bertz CT molecular complexity index is 550. The minimum atomic E-state index is -3.96. The molecule has 5 nitrogen and oxygen atoms in total. The van der Waals surface area contributed by atoms with Crippen LogP contribution in [0.25, 0.3) is 0 Å². The van der Waals surface area contributed by atoms with Crippen molar-refractivity contribution in [3.8, 4) is 5.75 Å². The van der Waals surface area contributed by atoms with Gasteiger partial charge in [0.15, 0.2) is 15.6 Å². The van der Waals surface area contributed by atoms with Gasteiger partial charge >= 0.3 is 5.97 Å². The van der Waals surface area contributed by atoms with Crippen LogP contribution in [0.5, 0.6) is 5.75 Å². The average Bonchev–Trinajstić information content (AvgIpc) is 2.14. The zero-order valence-corrected chi connectivity index (χ0v) is 10.8. The minimum Gasteiger partial charge on any atom is -0.495 e. The second-order valence-electron chi connectivity index (χ2n) is 3.41. The van der Waals surface area contributed by atoms with E-state index >= 15 is 0 Å². The zero-order valence-electron chi connectivity index (χ0n) is 9.23. The molecule has 1 aromatic rings. The quantitative estimate of drug-likeness (QED) is 0.903. The van der Waals surface area contributed by atoms with Crippen molar-refractivity contribution in [2.75, 3.05) is 12.9 Å². The maximum absolute atomic E-state index is 11.8. The Kier molecular flexibility index (Phi) is 4.00. The molecule has 0 saturated carbocycles. The molecular weight excluding hydrogens is 268 g/mol. The summed E-state index contributed by atoms with van der Waals surface area (Å²) in [6, 6.07) is 2.73. The van der Waals surface area contributed by atoms with Gasteiger partial charge in [0, 0.05) is 5.02 Å². The third kappa shape index (κ3) is 3.10. The monoisotopic (exact) mass is 278 g/mol. The van der Waals surface area contributed by atoms with Crippen molar-refractivity contribution >= 4 is 27.4 Å². The Balaban J connectivity index is 3.44. The van der Waals surface area contributed by atoms with Gasteiger partial charge in [0.2, 0.25) is 0 Å². The molecule has 0 atom stereocenters. The zero-order chi connectivity index (χ0) is 13.2. The van der Waals surface area contributed by atoms with E-state index in [1.54, 1.807) is 13.0 Å². The van der Waals surface area contributed by atoms with Gasteiger partial charge in [-0.1, -0.05) is 11.6 Å². The molecule has 0 bridgehead atoms. The first-order valence-electron chi connectivity index (χ1n) is 4.56. The van der Waals surface area contributed by atoms with Crippen LogP contribution < -0.4 is 4.74 Å². The van der Waals surface area contributed by atoms with Crippen molar-refractivity contribution in [3.63, 3.8) is 0 Å². The molecular formula is C10H11ClO5S. The Labute approximate surface area is 104 Å². The summed E-state index contributed by atoms with van der Waals surface area (Å²) in [4.78, 5) is 10.3. The van der Waals surface area contributed by atoms with Crippen molar-refractivity contribution < 1.29 is 23.1 Å². The molecule has 0 saturated heterocycles. The molecule has 0 spiro atoms. The molecule has 1 rings (SSSR count). The van der Waals surface area contributed by atoms with Crippen LogP contribution in [0.2, 0.25) is 5.02 Å². The van der Waals surface area contributed by atoms with Crippen LogP contribution in [0, 0.1) is 6.92 Å². The first-order valence-corrected chi connectivity index (χ1v) is 6.59. The summed E-state index contributed by atoms with van der Waals surface area (Å²) in [5.41, 5.74) is 0.531. The van der Waals surface area contributed by atoms with E-state index in [-0.39, 0.29) is 15.7 Å². The lowest BCUT2D eigenvalue weighted by molar-refractivity contribution is -0.134. The van der Waals surface area contributed by atoms with Gasteiger partial charge in [-0.2, -0.15) is 0 Å². The summed E-state index contributed by atoms with van der Waals surface area (Å²) in [6.45, 7) is 1.63. The largest absolute Gasteiger partial charge is 0.495 e. The van der Waals surface area contributed by atoms with E-state index in [9.17, 15) is 13.2 Å². The number of ether oxygens (including phenoxy) is 1. The normalized spacial score (nSPS) is 11.2. The lowest BCUT2D eigenvalue weighted by Gasteiger charge is -2.11. The number of halogens is 1. The number of aryl methyl sites for hydroxylation is 1. The van der Waals surface area contributed by atoms with E-state index in [1.807, 2.05) is 0 Å². The molecule has 7 heteroatoms. The van der Waals surface area contributed by atoms with Crippen molar-refractivity contribution in [1.82, 2.24) is 0 Å². The molecule has 0 amide bonds. The van der Waals surface area contributed by atoms with Crippen molar-refractivity contribution in [3.05, 3.63) is 22.7 Å². The molecule has 0 fully saturated rings. The third-order valence-electron chi connectivity index (χ3n) is 2.06. The van der Waals surface area contributed by atoms with Crippen LogP contribution in [-0.2, 0) is 14.6 Å². The van der Waals surface area contributed by atoms with Gasteiger partial charge in [0.1, 0.15) is 10.6 Å². The fourth-order valence-corrected chi connectivity index (χ4v) is 3.08. The predicted octanol–water partition coefficient (Wildman–Crippen LogP) is 1.52. The average molecular weight is 279 g/mol. The topological polar surface area (TPSA) is 80.7 Å². The number of hydrogen-bond donors (Lipinski definition) is 1.